The quantitative estimate of drug-likeness (QED) is 0.613. The fourth-order valence-electron chi connectivity index (χ4n) is 2.74. The van der Waals surface area contributed by atoms with E-state index in [1.807, 2.05) is 6.07 Å². The molecular formula is C18H20Cl2F3N3O2. The molecule has 0 aromatic heterocycles. The Kier molecular flexibility index (Phi) is 7.60. The van der Waals surface area contributed by atoms with E-state index >= 15 is 0 Å². The molecule has 2 N–H and O–H groups in total. The van der Waals surface area contributed by atoms with Crippen LogP contribution in [0.4, 0.5) is 13.2 Å². The third kappa shape index (κ3) is 6.04. The SMILES string of the molecule is CCN1CC(C(=O)NCCCc2ccc(Cl)c(Cl)c2)=C(NCC(F)(F)F)C1=O. The van der Waals surface area contributed by atoms with Gasteiger partial charge in [-0.1, -0.05) is 29.3 Å². The van der Waals surface area contributed by atoms with Gasteiger partial charge >= 0.3 is 6.18 Å². The zero-order valence-corrected chi connectivity index (χ0v) is 16.6. The van der Waals surface area contributed by atoms with Crippen molar-refractivity contribution in [2.24, 2.45) is 0 Å². The predicted octanol–water partition coefficient (Wildman–Crippen LogP) is 3.31. The summed E-state index contributed by atoms with van der Waals surface area (Å²) < 4.78 is 37.4. The molecule has 1 aromatic rings. The van der Waals surface area contributed by atoms with Crippen LogP contribution in [0.5, 0.6) is 0 Å². The summed E-state index contributed by atoms with van der Waals surface area (Å²) in [6, 6.07) is 5.25. The number of hydrogen-bond acceptors (Lipinski definition) is 3. The van der Waals surface area contributed by atoms with Crippen LogP contribution in [0.2, 0.25) is 10.0 Å². The lowest BCUT2D eigenvalue weighted by atomic mass is 10.1. The highest BCUT2D eigenvalue weighted by atomic mass is 35.5. The van der Waals surface area contributed by atoms with E-state index in [0.717, 1.165) is 5.56 Å². The van der Waals surface area contributed by atoms with E-state index in [1.165, 1.54) is 4.90 Å². The summed E-state index contributed by atoms with van der Waals surface area (Å²) in [7, 11) is 0. The van der Waals surface area contributed by atoms with Crippen LogP contribution in [-0.4, -0.2) is 49.1 Å². The lowest BCUT2D eigenvalue weighted by Gasteiger charge is -2.14. The van der Waals surface area contributed by atoms with Crippen molar-refractivity contribution < 1.29 is 22.8 Å². The molecule has 5 nitrogen and oxygen atoms in total. The van der Waals surface area contributed by atoms with E-state index in [1.54, 1.807) is 19.1 Å². The van der Waals surface area contributed by atoms with Crippen molar-refractivity contribution in [1.29, 1.82) is 0 Å². The molecule has 0 unspecified atom stereocenters. The highest BCUT2D eigenvalue weighted by Gasteiger charge is 2.35. The molecule has 0 bridgehead atoms. The maximum Gasteiger partial charge on any atom is 0.405 e. The van der Waals surface area contributed by atoms with Gasteiger partial charge in [-0.25, -0.2) is 0 Å². The summed E-state index contributed by atoms with van der Waals surface area (Å²) in [6.45, 7) is 0.894. The number of carbonyl (C=O) groups is 2. The second-order valence-electron chi connectivity index (χ2n) is 6.25. The van der Waals surface area contributed by atoms with Gasteiger partial charge in [-0.15, -0.1) is 0 Å². The van der Waals surface area contributed by atoms with Crippen LogP contribution in [0, 0.1) is 0 Å². The van der Waals surface area contributed by atoms with Gasteiger partial charge in [0.2, 0.25) is 0 Å². The molecule has 0 saturated carbocycles. The van der Waals surface area contributed by atoms with Crippen LogP contribution < -0.4 is 10.6 Å². The zero-order valence-electron chi connectivity index (χ0n) is 15.1. The maximum absolute atomic E-state index is 12.5. The highest BCUT2D eigenvalue weighted by Crippen LogP contribution is 2.23. The molecule has 0 aliphatic carbocycles. The third-order valence-corrected chi connectivity index (χ3v) is 4.92. The minimum atomic E-state index is -4.49. The largest absolute Gasteiger partial charge is 0.405 e. The average Bonchev–Trinajstić information content (AvgIpc) is 2.95. The first-order chi connectivity index (χ1) is 13.1. The predicted molar refractivity (Wildman–Crippen MR) is 101 cm³/mol. The third-order valence-electron chi connectivity index (χ3n) is 4.19. The first-order valence-corrected chi connectivity index (χ1v) is 9.43. The lowest BCUT2D eigenvalue weighted by Crippen LogP contribution is -2.35. The van der Waals surface area contributed by atoms with Crippen molar-refractivity contribution in [3.8, 4) is 0 Å². The van der Waals surface area contributed by atoms with Crippen LogP contribution in [0.25, 0.3) is 0 Å². The zero-order chi connectivity index (χ0) is 20.9. The number of hydrogen-bond donors (Lipinski definition) is 2. The van der Waals surface area contributed by atoms with Crippen LogP contribution in [-0.2, 0) is 16.0 Å². The molecule has 0 atom stereocenters. The van der Waals surface area contributed by atoms with E-state index in [-0.39, 0.29) is 17.8 Å². The number of alkyl halides is 3. The highest BCUT2D eigenvalue weighted by molar-refractivity contribution is 6.42. The van der Waals surface area contributed by atoms with Gasteiger partial charge in [-0.2, -0.15) is 13.2 Å². The summed E-state index contributed by atoms with van der Waals surface area (Å²) in [5, 5.41) is 5.62. The number of aryl methyl sites for hydroxylation is 1. The Labute approximate surface area is 170 Å². The van der Waals surface area contributed by atoms with Gasteiger partial charge in [0, 0.05) is 13.1 Å². The maximum atomic E-state index is 12.5. The molecule has 1 aromatic carbocycles. The normalized spacial score (nSPS) is 14.6. The van der Waals surface area contributed by atoms with Crippen molar-refractivity contribution in [3.05, 3.63) is 45.1 Å². The van der Waals surface area contributed by atoms with Gasteiger partial charge in [0.05, 0.1) is 22.2 Å². The molecule has 1 aliphatic heterocycles. The Morgan fingerprint density at radius 1 is 1.25 bits per heavy atom. The molecule has 10 heteroatoms. The minimum absolute atomic E-state index is 0.0191. The molecule has 0 saturated heterocycles. The number of rotatable bonds is 8. The standard InChI is InChI=1S/C18H20Cl2F3N3O2/c1-2-26-9-12(15(17(26)28)25-10-18(21,22)23)16(27)24-7-3-4-11-5-6-13(19)14(20)8-11/h5-6,8,25H,2-4,7,9-10H2,1H3,(H,24,27). The molecule has 0 radical (unpaired) electrons. The molecule has 1 heterocycles. The molecular weight excluding hydrogens is 418 g/mol. The second kappa shape index (κ2) is 9.52. The lowest BCUT2D eigenvalue weighted by molar-refractivity contribution is -0.129. The number of nitrogens with zero attached hydrogens (tertiary/aromatic N) is 1. The molecule has 2 rings (SSSR count). The van der Waals surface area contributed by atoms with Gasteiger partial charge in [-0.05, 0) is 37.5 Å². The topological polar surface area (TPSA) is 61.4 Å². The second-order valence-corrected chi connectivity index (χ2v) is 7.06. The smallest absolute Gasteiger partial charge is 0.372 e. The van der Waals surface area contributed by atoms with Crippen LogP contribution in [0.3, 0.4) is 0 Å². The first-order valence-electron chi connectivity index (χ1n) is 8.67. The molecule has 28 heavy (non-hydrogen) atoms. The molecule has 0 spiro atoms. The van der Waals surface area contributed by atoms with Crippen molar-refractivity contribution in [3.63, 3.8) is 0 Å². The van der Waals surface area contributed by atoms with Crippen LogP contribution in [0.15, 0.2) is 29.5 Å². The van der Waals surface area contributed by atoms with Crippen LogP contribution in [0.1, 0.15) is 18.9 Å². The van der Waals surface area contributed by atoms with Gasteiger partial charge in [0.15, 0.2) is 0 Å². The monoisotopic (exact) mass is 437 g/mol. The average molecular weight is 438 g/mol. The number of carbonyl (C=O) groups excluding carboxylic acids is 2. The Morgan fingerprint density at radius 3 is 2.57 bits per heavy atom. The van der Waals surface area contributed by atoms with E-state index in [9.17, 15) is 22.8 Å². The Balaban J connectivity index is 1.94. The molecule has 0 fully saturated rings. The number of amides is 2. The number of benzene rings is 1. The summed E-state index contributed by atoms with van der Waals surface area (Å²) in [5.74, 6) is -1.16. The minimum Gasteiger partial charge on any atom is -0.372 e. The van der Waals surface area contributed by atoms with E-state index in [2.05, 4.69) is 10.6 Å². The van der Waals surface area contributed by atoms with Gasteiger partial charge in [0.25, 0.3) is 11.8 Å². The van der Waals surface area contributed by atoms with Crippen molar-refractivity contribution >= 4 is 35.0 Å². The molecule has 1 aliphatic rings. The Hall–Kier alpha value is -1.93. The van der Waals surface area contributed by atoms with E-state index < -0.39 is 24.5 Å². The Morgan fingerprint density at radius 2 is 1.96 bits per heavy atom. The van der Waals surface area contributed by atoms with Crippen molar-refractivity contribution in [2.75, 3.05) is 26.2 Å². The fourth-order valence-corrected chi connectivity index (χ4v) is 3.06. The molecule has 154 valence electrons. The fraction of sp³-hybridized carbons (Fsp3) is 0.444. The van der Waals surface area contributed by atoms with Gasteiger partial charge in [0.1, 0.15) is 12.2 Å². The van der Waals surface area contributed by atoms with Gasteiger partial charge in [-0.3, -0.25) is 9.59 Å². The summed E-state index contributed by atoms with van der Waals surface area (Å²) in [6.07, 6.45) is -3.27. The van der Waals surface area contributed by atoms with Crippen LogP contribution >= 0.6 is 23.2 Å². The van der Waals surface area contributed by atoms with Crippen molar-refractivity contribution in [2.45, 2.75) is 25.9 Å². The summed E-state index contributed by atoms with van der Waals surface area (Å²) in [5.41, 5.74) is 0.676. The number of halogens is 5. The molecule has 2 amide bonds. The number of likely N-dealkylation sites (N-methyl/N-ethyl adjacent to an activating group) is 1. The summed E-state index contributed by atoms with van der Waals surface area (Å²) in [4.78, 5) is 25.9. The Bertz CT molecular complexity index is 782. The van der Waals surface area contributed by atoms with E-state index in [0.29, 0.717) is 36.0 Å². The van der Waals surface area contributed by atoms with Gasteiger partial charge < -0.3 is 15.5 Å². The first kappa shape index (κ1) is 22.4. The van der Waals surface area contributed by atoms with E-state index in [4.69, 9.17) is 23.2 Å². The van der Waals surface area contributed by atoms with Crippen molar-refractivity contribution in [1.82, 2.24) is 15.5 Å². The number of nitrogens with one attached hydrogen (secondary N) is 2. The summed E-state index contributed by atoms with van der Waals surface area (Å²) >= 11 is 11.8.